The van der Waals surface area contributed by atoms with Gasteiger partial charge in [0.15, 0.2) is 0 Å². The van der Waals surface area contributed by atoms with Gasteiger partial charge in [-0.1, -0.05) is 35.2 Å². The molecule has 1 fully saturated rings. The molecule has 10 nitrogen and oxygen atoms in total. The van der Waals surface area contributed by atoms with Gasteiger partial charge >= 0.3 is 10.8 Å². The predicted molar refractivity (Wildman–Crippen MR) is 183 cm³/mol. The van der Waals surface area contributed by atoms with Crippen molar-refractivity contribution in [3.63, 3.8) is 0 Å². The van der Waals surface area contributed by atoms with Gasteiger partial charge in [0, 0.05) is 35.3 Å². The van der Waals surface area contributed by atoms with Crippen molar-refractivity contribution in [1.29, 1.82) is 0 Å². The Morgan fingerprint density at radius 2 is 1.56 bits per heavy atom. The van der Waals surface area contributed by atoms with Gasteiger partial charge in [-0.15, -0.1) is 0 Å². The first kappa shape index (κ1) is 33.2. The number of carbonyl (C=O) groups excluding carboxylic acids is 4. The van der Waals surface area contributed by atoms with E-state index in [4.69, 9.17) is 4.74 Å². The monoisotopic (exact) mass is 688 g/mol. The molecular formula is C35H33FN4O6S2. The van der Waals surface area contributed by atoms with Gasteiger partial charge in [0.05, 0.1) is 28.8 Å². The standard InChI is InChI=1S/C35H33FN4O6S2/c1-4-38(5-2)24-15-7-20(8-16-24)27-28-29(32(43)40(31(28)42)25-17-9-21(10-18-25)34(44)46-6-3)47-33-30(27)48-35(45)39(33)19-26(41)37-23-13-11-22(36)12-14-23/h7-18,27-29H,4-6,19H2,1-3H3,(H,37,41). The molecule has 1 N–H and O–H groups in total. The number of benzene rings is 3. The highest BCUT2D eigenvalue weighted by atomic mass is 32.2. The molecule has 13 heteroatoms. The Bertz CT molecular complexity index is 1920. The van der Waals surface area contributed by atoms with Crippen LogP contribution in [0.1, 0.15) is 47.5 Å². The molecule has 0 bridgehead atoms. The second-order valence-corrected chi connectivity index (χ2v) is 13.4. The Morgan fingerprint density at radius 1 is 0.896 bits per heavy atom. The molecule has 3 unspecified atom stereocenters. The molecule has 2 aliphatic heterocycles. The van der Waals surface area contributed by atoms with Gasteiger partial charge in [-0.2, -0.15) is 0 Å². The van der Waals surface area contributed by atoms with Gasteiger partial charge in [-0.25, -0.2) is 14.1 Å². The molecule has 3 atom stereocenters. The van der Waals surface area contributed by atoms with Gasteiger partial charge in [0.2, 0.25) is 17.7 Å². The topological polar surface area (TPSA) is 118 Å². The summed E-state index contributed by atoms with van der Waals surface area (Å²) in [7, 11) is 0. The molecule has 0 aliphatic carbocycles. The number of nitrogens with zero attached hydrogens (tertiary/aromatic N) is 3. The van der Waals surface area contributed by atoms with E-state index < -0.39 is 51.5 Å². The lowest BCUT2D eigenvalue weighted by molar-refractivity contribution is -0.122. The first-order valence-electron chi connectivity index (χ1n) is 15.6. The van der Waals surface area contributed by atoms with Crippen LogP contribution in [-0.4, -0.2) is 53.2 Å². The maximum Gasteiger partial charge on any atom is 0.338 e. The number of amides is 3. The Labute approximate surface area is 284 Å². The van der Waals surface area contributed by atoms with E-state index in [0.29, 0.717) is 26.8 Å². The summed E-state index contributed by atoms with van der Waals surface area (Å²) in [4.78, 5) is 70.6. The third-order valence-corrected chi connectivity index (χ3v) is 11.1. The molecule has 1 saturated heterocycles. The summed E-state index contributed by atoms with van der Waals surface area (Å²) in [5.74, 6) is -3.76. The number of nitrogens with one attached hydrogen (secondary N) is 1. The summed E-state index contributed by atoms with van der Waals surface area (Å²) in [6.45, 7) is 7.34. The molecule has 3 heterocycles. The SMILES string of the molecule is CCOC(=O)c1ccc(N2C(=O)C3Sc4c(sc(=O)n4CC(=O)Nc4ccc(F)cc4)C(c4ccc(N(CC)CC)cc4)C3C2=O)cc1. The molecule has 6 rings (SSSR count). The van der Waals surface area contributed by atoms with Crippen molar-refractivity contribution in [1.82, 2.24) is 4.57 Å². The largest absolute Gasteiger partial charge is 0.462 e. The zero-order valence-corrected chi connectivity index (χ0v) is 28.1. The molecule has 0 radical (unpaired) electrons. The first-order valence-corrected chi connectivity index (χ1v) is 17.3. The predicted octanol–water partition coefficient (Wildman–Crippen LogP) is 5.51. The third-order valence-electron chi connectivity index (χ3n) is 8.50. The van der Waals surface area contributed by atoms with Crippen LogP contribution in [-0.2, 0) is 25.7 Å². The second-order valence-electron chi connectivity index (χ2n) is 11.3. The van der Waals surface area contributed by atoms with E-state index in [1.165, 1.54) is 41.0 Å². The number of hydrogen-bond acceptors (Lipinski definition) is 9. The van der Waals surface area contributed by atoms with E-state index >= 15 is 0 Å². The minimum absolute atomic E-state index is 0.213. The van der Waals surface area contributed by atoms with Crippen molar-refractivity contribution in [2.75, 3.05) is 34.8 Å². The highest BCUT2D eigenvalue weighted by molar-refractivity contribution is 8.00. The van der Waals surface area contributed by atoms with E-state index in [-0.39, 0.29) is 13.2 Å². The molecule has 48 heavy (non-hydrogen) atoms. The molecule has 0 spiro atoms. The van der Waals surface area contributed by atoms with Crippen LogP contribution in [0.25, 0.3) is 0 Å². The van der Waals surface area contributed by atoms with Crippen molar-refractivity contribution in [3.8, 4) is 0 Å². The number of anilines is 3. The number of esters is 1. The van der Waals surface area contributed by atoms with Gasteiger partial charge in [0.1, 0.15) is 17.6 Å². The summed E-state index contributed by atoms with van der Waals surface area (Å²) >= 11 is 2.07. The molecule has 1 aromatic heterocycles. The number of rotatable bonds is 10. The van der Waals surface area contributed by atoms with E-state index in [1.54, 1.807) is 19.1 Å². The van der Waals surface area contributed by atoms with E-state index in [0.717, 1.165) is 52.3 Å². The first-order chi connectivity index (χ1) is 23.1. The Balaban J connectivity index is 1.38. The van der Waals surface area contributed by atoms with Crippen molar-refractivity contribution in [3.05, 3.63) is 104 Å². The normalized spacial score (nSPS) is 18.3. The fourth-order valence-corrected chi connectivity index (χ4v) is 8.96. The van der Waals surface area contributed by atoms with E-state index in [9.17, 15) is 28.4 Å². The zero-order valence-electron chi connectivity index (χ0n) is 26.5. The van der Waals surface area contributed by atoms with Crippen molar-refractivity contribution in [2.45, 2.75) is 43.5 Å². The number of hydrogen-bond donors (Lipinski definition) is 1. The smallest absolute Gasteiger partial charge is 0.338 e. The molecule has 2 aliphatic rings. The van der Waals surface area contributed by atoms with Crippen LogP contribution < -0.4 is 20.0 Å². The third kappa shape index (κ3) is 6.15. The van der Waals surface area contributed by atoms with Crippen LogP contribution >= 0.6 is 23.1 Å². The van der Waals surface area contributed by atoms with Crippen LogP contribution in [0.15, 0.2) is 82.6 Å². The maximum atomic E-state index is 14.3. The number of fused-ring (bicyclic) bond motifs is 2. The number of thioether (sulfide) groups is 1. The molecule has 3 aromatic carbocycles. The molecule has 4 aromatic rings. The molecule has 248 valence electrons. The molecule has 0 saturated carbocycles. The molecule has 3 amide bonds. The van der Waals surface area contributed by atoms with Crippen LogP contribution in [0.5, 0.6) is 0 Å². The quantitative estimate of drug-likeness (QED) is 0.171. The number of thiazole rings is 1. The lowest BCUT2D eigenvalue weighted by Gasteiger charge is -2.31. The summed E-state index contributed by atoms with van der Waals surface area (Å²) in [6.07, 6.45) is 0. The van der Waals surface area contributed by atoms with Crippen LogP contribution in [0.3, 0.4) is 0 Å². The van der Waals surface area contributed by atoms with Gasteiger partial charge in [-0.05, 0) is 87.0 Å². The fourth-order valence-electron chi connectivity index (χ4n) is 6.19. The Morgan fingerprint density at radius 3 is 2.19 bits per heavy atom. The number of aromatic nitrogens is 1. The van der Waals surface area contributed by atoms with Crippen LogP contribution in [0.4, 0.5) is 21.5 Å². The fraction of sp³-hybridized carbons (Fsp3) is 0.286. The van der Waals surface area contributed by atoms with Crippen molar-refractivity contribution < 1.29 is 28.3 Å². The zero-order chi connectivity index (χ0) is 34.1. The van der Waals surface area contributed by atoms with E-state index in [1.807, 2.05) is 24.3 Å². The minimum Gasteiger partial charge on any atom is -0.462 e. The lowest BCUT2D eigenvalue weighted by Crippen LogP contribution is -2.33. The summed E-state index contributed by atoms with van der Waals surface area (Å²) < 4.78 is 19.8. The van der Waals surface area contributed by atoms with Gasteiger partial charge in [0.25, 0.3) is 0 Å². The van der Waals surface area contributed by atoms with Gasteiger partial charge < -0.3 is 15.0 Å². The second kappa shape index (κ2) is 13.8. The summed E-state index contributed by atoms with van der Waals surface area (Å²) in [5.41, 5.74) is 2.77. The lowest BCUT2D eigenvalue weighted by atomic mass is 9.83. The summed E-state index contributed by atoms with van der Waals surface area (Å²) in [5, 5.41) is 2.27. The highest BCUT2D eigenvalue weighted by Crippen LogP contribution is 2.54. The maximum absolute atomic E-state index is 14.3. The number of carbonyl (C=O) groups is 4. The highest BCUT2D eigenvalue weighted by Gasteiger charge is 2.56. The van der Waals surface area contributed by atoms with E-state index in [2.05, 4.69) is 24.1 Å². The number of imide groups is 1. The van der Waals surface area contributed by atoms with Gasteiger partial charge in [-0.3, -0.25) is 23.7 Å². The average molecular weight is 689 g/mol. The van der Waals surface area contributed by atoms with Crippen LogP contribution in [0, 0.1) is 11.7 Å². The summed E-state index contributed by atoms with van der Waals surface area (Å²) in [6, 6.07) is 19.2. The Hall–Kier alpha value is -4.75. The van der Waals surface area contributed by atoms with Crippen molar-refractivity contribution in [2.24, 2.45) is 5.92 Å². The molecular weight excluding hydrogens is 656 g/mol. The van der Waals surface area contributed by atoms with Crippen molar-refractivity contribution >= 4 is 63.9 Å². The Kier molecular flexibility index (Phi) is 9.51. The average Bonchev–Trinajstić information content (AvgIpc) is 3.53. The number of ether oxygens (including phenoxy) is 1. The minimum atomic E-state index is -0.873. The van der Waals surface area contributed by atoms with Crippen LogP contribution in [0.2, 0.25) is 0 Å². The number of halogens is 1.